The van der Waals surface area contributed by atoms with E-state index in [1.165, 1.54) is 7.11 Å². The quantitative estimate of drug-likeness (QED) is 0.680. The molecule has 0 saturated heterocycles. The van der Waals surface area contributed by atoms with Crippen LogP contribution in [0.4, 0.5) is 0 Å². The second-order valence-electron chi connectivity index (χ2n) is 5.83. The molecule has 1 aliphatic rings. The van der Waals surface area contributed by atoms with Crippen molar-refractivity contribution in [1.82, 2.24) is 14.9 Å². The lowest BCUT2D eigenvalue weighted by molar-refractivity contribution is -0.142. The zero-order valence-corrected chi connectivity index (χ0v) is 14.1. The molecule has 24 heavy (non-hydrogen) atoms. The van der Waals surface area contributed by atoms with Crippen LogP contribution in [0, 0.1) is 0 Å². The predicted octanol–water partition coefficient (Wildman–Crippen LogP) is 3.24. The SMILES string of the molecule is COC(=O)[C@@H]1CCCc2c1cnn2Cc1cc(-c2cccs2)on1. The Balaban J connectivity index is 1.58. The summed E-state index contributed by atoms with van der Waals surface area (Å²) in [6, 6.07) is 5.94. The summed E-state index contributed by atoms with van der Waals surface area (Å²) >= 11 is 1.62. The van der Waals surface area contributed by atoms with Gasteiger partial charge in [-0.1, -0.05) is 11.2 Å². The number of hydrogen-bond acceptors (Lipinski definition) is 6. The molecule has 7 heteroatoms. The van der Waals surface area contributed by atoms with Gasteiger partial charge in [0, 0.05) is 17.3 Å². The monoisotopic (exact) mass is 343 g/mol. The van der Waals surface area contributed by atoms with Gasteiger partial charge in [0.2, 0.25) is 0 Å². The van der Waals surface area contributed by atoms with Crippen molar-refractivity contribution in [3.8, 4) is 10.6 Å². The van der Waals surface area contributed by atoms with E-state index < -0.39 is 0 Å². The first-order chi connectivity index (χ1) is 11.8. The summed E-state index contributed by atoms with van der Waals surface area (Å²) in [6.45, 7) is 0.540. The van der Waals surface area contributed by atoms with Crippen molar-refractivity contribution >= 4 is 17.3 Å². The topological polar surface area (TPSA) is 70.2 Å². The molecule has 0 radical (unpaired) electrons. The standard InChI is InChI=1S/C17H17N3O3S/c1-22-17(21)12-4-2-5-14-13(12)9-18-20(14)10-11-8-15(23-19-11)16-6-3-7-24-16/h3,6-9,12H,2,4-5,10H2,1H3/t12-/m1/s1. The summed E-state index contributed by atoms with van der Waals surface area (Å²) in [4.78, 5) is 13.0. The molecule has 3 aromatic rings. The van der Waals surface area contributed by atoms with Gasteiger partial charge in [-0.2, -0.15) is 5.10 Å². The Hall–Kier alpha value is -2.41. The lowest BCUT2D eigenvalue weighted by atomic mass is 9.87. The van der Waals surface area contributed by atoms with E-state index in [1.54, 1.807) is 17.5 Å². The van der Waals surface area contributed by atoms with E-state index in [1.807, 2.05) is 28.3 Å². The zero-order chi connectivity index (χ0) is 16.5. The van der Waals surface area contributed by atoms with Crippen molar-refractivity contribution in [3.05, 3.63) is 46.7 Å². The normalized spacial score (nSPS) is 16.8. The fraction of sp³-hybridized carbons (Fsp3) is 0.353. The van der Waals surface area contributed by atoms with Gasteiger partial charge >= 0.3 is 5.97 Å². The molecule has 0 saturated carbocycles. The molecule has 1 atom stereocenters. The van der Waals surface area contributed by atoms with Crippen molar-refractivity contribution < 1.29 is 14.1 Å². The summed E-state index contributed by atoms with van der Waals surface area (Å²) in [7, 11) is 1.43. The molecule has 3 aromatic heterocycles. The van der Waals surface area contributed by atoms with E-state index >= 15 is 0 Å². The highest BCUT2D eigenvalue weighted by atomic mass is 32.1. The van der Waals surface area contributed by atoms with Crippen LogP contribution in [0.15, 0.2) is 34.3 Å². The molecule has 1 aliphatic carbocycles. The van der Waals surface area contributed by atoms with Crippen LogP contribution >= 0.6 is 11.3 Å². The smallest absolute Gasteiger partial charge is 0.313 e. The van der Waals surface area contributed by atoms with Crippen molar-refractivity contribution in [2.75, 3.05) is 7.11 Å². The third-order valence-electron chi connectivity index (χ3n) is 4.38. The molecule has 0 spiro atoms. The second kappa shape index (κ2) is 6.24. The van der Waals surface area contributed by atoms with E-state index in [0.29, 0.717) is 6.54 Å². The molecule has 0 amide bonds. The number of rotatable bonds is 4. The molecule has 0 bridgehead atoms. The van der Waals surface area contributed by atoms with E-state index in [0.717, 1.165) is 46.9 Å². The Morgan fingerprint density at radius 2 is 2.46 bits per heavy atom. The van der Waals surface area contributed by atoms with Gasteiger partial charge in [-0.15, -0.1) is 11.3 Å². The van der Waals surface area contributed by atoms with Gasteiger partial charge in [-0.05, 0) is 30.7 Å². The molecule has 124 valence electrons. The molecule has 0 aromatic carbocycles. The largest absolute Gasteiger partial charge is 0.469 e. The van der Waals surface area contributed by atoms with Crippen molar-refractivity contribution in [2.45, 2.75) is 31.7 Å². The minimum absolute atomic E-state index is 0.183. The van der Waals surface area contributed by atoms with Crippen LogP contribution in [-0.4, -0.2) is 28.0 Å². The van der Waals surface area contributed by atoms with Crippen LogP contribution in [0.3, 0.4) is 0 Å². The second-order valence-corrected chi connectivity index (χ2v) is 6.78. The molecule has 4 rings (SSSR count). The number of thiophene rings is 1. The third kappa shape index (κ3) is 2.65. The van der Waals surface area contributed by atoms with Crippen LogP contribution < -0.4 is 0 Å². The number of ether oxygens (including phenoxy) is 1. The fourth-order valence-corrected chi connectivity index (χ4v) is 3.89. The van der Waals surface area contributed by atoms with Gasteiger partial charge < -0.3 is 9.26 Å². The first kappa shape index (κ1) is 15.1. The molecule has 3 heterocycles. The Bertz CT molecular complexity index is 850. The summed E-state index contributed by atoms with van der Waals surface area (Å²) < 4.78 is 12.3. The van der Waals surface area contributed by atoms with Crippen molar-refractivity contribution in [1.29, 1.82) is 0 Å². The van der Waals surface area contributed by atoms with Gasteiger partial charge in [0.15, 0.2) is 5.76 Å². The summed E-state index contributed by atoms with van der Waals surface area (Å²) in [5, 5.41) is 10.6. The number of carbonyl (C=O) groups is 1. The van der Waals surface area contributed by atoms with Gasteiger partial charge in [0.05, 0.1) is 30.6 Å². The van der Waals surface area contributed by atoms with Crippen LogP contribution in [-0.2, 0) is 22.5 Å². The Morgan fingerprint density at radius 1 is 1.54 bits per heavy atom. The Labute approximate surface area is 143 Å². The fourth-order valence-electron chi connectivity index (χ4n) is 3.22. The third-order valence-corrected chi connectivity index (χ3v) is 5.27. The lowest BCUT2D eigenvalue weighted by Gasteiger charge is -2.20. The van der Waals surface area contributed by atoms with E-state index in [4.69, 9.17) is 9.26 Å². The maximum Gasteiger partial charge on any atom is 0.313 e. The van der Waals surface area contributed by atoms with Gasteiger partial charge in [-0.25, -0.2) is 0 Å². The Kier molecular flexibility index (Phi) is 3.93. The molecule has 0 N–H and O–H groups in total. The first-order valence-corrected chi connectivity index (χ1v) is 8.76. The molecule has 0 fully saturated rings. The summed E-state index contributed by atoms with van der Waals surface area (Å²) in [5.74, 6) is 0.386. The van der Waals surface area contributed by atoms with Crippen LogP contribution in [0.2, 0.25) is 0 Å². The van der Waals surface area contributed by atoms with Gasteiger partial charge in [0.1, 0.15) is 5.69 Å². The van der Waals surface area contributed by atoms with Crippen LogP contribution in [0.1, 0.15) is 35.7 Å². The molecular weight excluding hydrogens is 326 g/mol. The van der Waals surface area contributed by atoms with E-state index in [9.17, 15) is 4.79 Å². The summed E-state index contributed by atoms with van der Waals surface area (Å²) in [6.07, 6.45) is 4.48. The molecule has 0 aliphatic heterocycles. The number of fused-ring (bicyclic) bond motifs is 1. The van der Waals surface area contributed by atoms with Crippen LogP contribution in [0.5, 0.6) is 0 Å². The van der Waals surface area contributed by atoms with E-state index in [-0.39, 0.29) is 11.9 Å². The minimum atomic E-state index is -0.202. The number of methoxy groups -OCH3 is 1. The number of esters is 1. The number of aromatic nitrogens is 3. The number of nitrogens with zero attached hydrogens (tertiary/aromatic N) is 3. The van der Waals surface area contributed by atoms with E-state index in [2.05, 4.69) is 10.3 Å². The lowest BCUT2D eigenvalue weighted by Crippen LogP contribution is -2.20. The number of hydrogen-bond donors (Lipinski definition) is 0. The predicted molar refractivity (Wildman–Crippen MR) is 88.8 cm³/mol. The van der Waals surface area contributed by atoms with Gasteiger partial charge in [-0.3, -0.25) is 9.48 Å². The number of carbonyl (C=O) groups excluding carboxylic acids is 1. The molecule has 6 nitrogen and oxygen atoms in total. The highest BCUT2D eigenvalue weighted by Crippen LogP contribution is 2.33. The van der Waals surface area contributed by atoms with Gasteiger partial charge in [0.25, 0.3) is 0 Å². The zero-order valence-electron chi connectivity index (χ0n) is 13.3. The summed E-state index contributed by atoms with van der Waals surface area (Å²) in [5.41, 5.74) is 2.90. The maximum absolute atomic E-state index is 11.9. The maximum atomic E-state index is 11.9. The average molecular weight is 343 g/mol. The Morgan fingerprint density at radius 3 is 3.25 bits per heavy atom. The van der Waals surface area contributed by atoms with Crippen LogP contribution in [0.25, 0.3) is 10.6 Å². The highest BCUT2D eigenvalue weighted by Gasteiger charge is 2.30. The minimum Gasteiger partial charge on any atom is -0.469 e. The highest BCUT2D eigenvalue weighted by molar-refractivity contribution is 7.13. The first-order valence-electron chi connectivity index (χ1n) is 7.88. The molecule has 0 unspecified atom stereocenters. The van der Waals surface area contributed by atoms with Crippen molar-refractivity contribution in [2.24, 2.45) is 0 Å². The van der Waals surface area contributed by atoms with Crippen molar-refractivity contribution in [3.63, 3.8) is 0 Å². The average Bonchev–Trinajstić information content (AvgIpc) is 3.35. The molecular formula is C17H17N3O3S.